The number of carbonyl (C=O) groups is 1. The Balaban J connectivity index is 2.38. The lowest BCUT2D eigenvalue weighted by Crippen LogP contribution is -2.17. The summed E-state index contributed by atoms with van der Waals surface area (Å²) in [6.07, 6.45) is -3.57. The van der Waals surface area contributed by atoms with Gasteiger partial charge in [-0.1, -0.05) is 48.0 Å². The molecule has 26 heavy (non-hydrogen) atoms. The summed E-state index contributed by atoms with van der Waals surface area (Å²) in [5.41, 5.74) is 0.361. The molecule has 3 aromatic rings. The minimum Gasteiger partial charge on any atom is -0.478 e. The number of alkyl halides is 3. The van der Waals surface area contributed by atoms with Crippen LogP contribution in [0.4, 0.5) is 13.2 Å². The molecule has 2 aromatic carbocycles. The first kappa shape index (κ1) is 17.8. The first-order valence-corrected chi connectivity index (χ1v) is 7.89. The summed E-state index contributed by atoms with van der Waals surface area (Å²) >= 11 is 0. The van der Waals surface area contributed by atoms with E-state index >= 15 is 0 Å². The van der Waals surface area contributed by atoms with Gasteiger partial charge in [0.05, 0.1) is 5.56 Å². The molecule has 0 atom stereocenters. The van der Waals surface area contributed by atoms with Crippen LogP contribution in [0.15, 0.2) is 54.7 Å². The number of para-hydroxylation sites is 1. The quantitative estimate of drug-likeness (QED) is 0.673. The lowest BCUT2D eigenvalue weighted by molar-refractivity contribution is -0.142. The highest BCUT2D eigenvalue weighted by atomic mass is 19.4. The fourth-order valence-electron chi connectivity index (χ4n) is 2.98. The molecule has 3 rings (SSSR count). The number of benzene rings is 2. The van der Waals surface area contributed by atoms with Gasteiger partial charge in [-0.15, -0.1) is 0 Å². The van der Waals surface area contributed by atoms with Crippen molar-refractivity contribution in [3.05, 3.63) is 77.1 Å². The lowest BCUT2D eigenvalue weighted by Gasteiger charge is -2.14. The van der Waals surface area contributed by atoms with E-state index in [2.05, 4.69) is 0 Å². The highest BCUT2D eigenvalue weighted by Crippen LogP contribution is 2.40. The normalized spacial score (nSPS) is 11.6. The molecule has 0 aliphatic heterocycles. The van der Waals surface area contributed by atoms with E-state index in [1.54, 1.807) is 49.4 Å². The largest absolute Gasteiger partial charge is 0.478 e. The van der Waals surface area contributed by atoms with E-state index < -0.39 is 23.4 Å². The maximum atomic E-state index is 13.8. The van der Waals surface area contributed by atoms with Crippen LogP contribution in [0.2, 0.25) is 0 Å². The molecule has 0 radical (unpaired) electrons. The van der Waals surface area contributed by atoms with Gasteiger partial charge in [0.1, 0.15) is 5.69 Å². The third-order valence-electron chi connectivity index (χ3n) is 4.23. The molecule has 1 aromatic heterocycles. The van der Waals surface area contributed by atoms with Gasteiger partial charge in [-0.2, -0.15) is 13.2 Å². The Kier molecular flexibility index (Phi) is 4.36. The van der Waals surface area contributed by atoms with Crippen LogP contribution in [-0.2, 0) is 6.18 Å². The van der Waals surface area contributed by atoms with Crippen molar-refractivity contribution in [1.82, 2.24) is 4.57 Å². The molecule has 0 saturated heterocycles. The van der Waals surface area contributed by atoms with E-state index in [9.17, 15) is 23.1 Å². The van der Waals surface area contributed by atoms with Crippen molar-refractivity contribution in [3.63, 3.8) is 0 Å². The average Bonchev–Trinajstić information content (AvgIpc) is 2.97. The Morgan fingerprint density at radius 2 is 1.62 bits per heavy atom. The van der Waals surface area contributed by atoms with Crippen molar-refractivity contribution >= 4 is 5.97 Å². The van der Waals surface area contributed by atoms with Gasteiger partial charge in [-0.3, -0.25) is 0 Å². The topological polar surface area (TPSA) is 42.2 Å². The summed E-state index contributed by atoms with van der Waals surface area (Å²) in [5, 5.41) is 9.54. The number of aromatic carboxylic acids is 1. The number of aryl methyl sites for hydroxylation is 2. The van der Waals surface area contributed by atoms with Crippen molar-refractivity contribution in [2.24, 2.45) is 0 Å². The molecule has 1 heterocycles. The van der Waals surface area contributed by atoms with Crippen LogP contribution in [0, 0.1) is 13.8 Å². The third-order valence-corrected chi connectivity index (χ3v) is 4.23. The standard InChI is InChI=1S/C20H16F3NO2/c1-12-7-9-14(10-8-12)15-11-24(16-6-4-3-5-13(16)2)18(20(21,22)23)17(15)19(25)26/h3-11H,1-2H3,(H,25,26). The molecular weight excluding hydrogens is 343 g/mol. The molecule has 134 valence electrons. The molecule has 0 saturated carbocycles. The van der Waals surface area contributed by atoms with Crippen molar-refractivity contribution < 1.29 is 23.1 Å². The van der Waals surface area contributed by atoms with Crippen LogP contribution in [0.25, 0.3) is 16.8 Å². The van der Waals surface area contributed by atoms with Crippen molar-refractivity contribution in [2.45, 2.75) is 20.0 Å². The Labute approximate surface area is 148 Å². The van der Waals surface area contributed by atoms with Crippen LogP contribution >= 0.6 is 0 Å². The number of carboxylic acid groups (broad SMARTS) is 1. The molecular formula is C20H16F3NO2. The molecule has 0 bridgehead atoms. The smallest absolute Gasteiger partial charge is 0.432 e. The number of hydrogen-bond donors (Lipinski definition) is 1. The molecule has 0 fully saturated rings. The zero-order valence-electron chi connectivity index (χ0n) is 14.1. The van der Waals surface area contributed by atoms with Crippen LogP contribution < -0.4 is 0 Å². The minimum absolute atomic E-state index is 0.0353. The maximum Gasteiger partial charge on any atom is 0.432 e. The monoisotopic (exact) mass is 359 g/mol. The van der Waals surface area contributed by atoms with Gasteiger partial charge in [0.25, 0.3) is 0 Å². The van der Waals surface area contributed by atoms with E-state index in [1.807, 2.05) is 6.92 Å². The van der Waals surface area contributed by atoms with Crippen LogP contribution in [0.3, 0.4) is 0 Å². The number of carboxylic acids is 1. The second-order valence-electron chi connectivity index (χ2n) is 6.09. The molecule has 6 heteroatoms. The predicted octanol–water partition coefficient (Wildman–Crippen LogP) is 5.48. The predicted molar refractivity (Wildman–Crippen MR) is 92.6 cm³/mol. The SMILES string of the molecule is Cc1ccc(-c2cn(-c3ccccc3C)c(C(F)(F)F)c2C(=O)O)cc1. The van der Waals surface area contributed by atoms with Crippen molar-refractivity contribution in [2.75, 3.05) is 0 Å². The van der Waals surface area contributed by atoms with Gasteiger partial charge in [-0.25, -0.2) is 4.79 Å². The zero-order valence-corrected chi connectivity index (χ0v) is 14.1. The Bertz CT molecular complexity index is 970. The van der Waals surface area contributed by atoms with Crippen LogP contribution in [0.5, 0.6) is 0 Å². The van der Waals surface area contributed by atoms with E-state index in [4.69, 9.17) is 0 Å². The minimum atomic E-state index is -4.82. The Morgan fingerprint density at radius 3 is 2.15 bits per heavy atom. The first-order valence-electron chi connectivity index (χ1n) is 7.89. The first-order chi connectivity index (χ1) is 12.2. The number of hydrogen-bond acceptors (Lipinski definition) is 1. The van der Waals surface area contributed by atoms with Gasteiger partial charge >= 0.3 is 12.1 Å². The fourth-order valence-corrected chi connectivity index (χ4v) is 2.98. The lowest BCUT2D eigenvalue weighted by atomic mass is 10.0. The van der Waals surface area contributed by atoms with Gasteiger partial charge in [0.15, 0.2) is 0 Å². The van der Waals surface area contributed by atoms with Gasteiger partial charge < -0.3 is 9.67 Å². The third kappa shape index (κ3) is 3.10. The molecule has 0 spiro atoms. The van der Waals surface area contributed by atoms with Gasteiger partial charge in [0, 0.05) is 17.4 Å². The summed E-state index contributed by atoms with van der Waals surface area (Å²) in [5.74, 6) is -1.61. The molecule has 0 aliphatic rings. The second kappa shape index (κ2) is 6.37. The number of rotatable bonds is 3. The van der Waals surface area contributed by atoms with Gasteiger partial charge in [-0.05, 0) is 31.0 Å². The molecule has 3 nitrogen and oxygen atoms in total. The summed E-state index contributed by atoms with van der Waals surface area (Å²) in [6, 6.07) is 13.3. The Hall–Kier alpha value is -3.02. The van der Waals surface area contributed by atoms with E-state index in [0.717, 1.165) is 10.1 Å². The highest BCUT2D eigenvalue weighted by Gasteiger charge is 2.41. The van der Waals surface area contributed by atoms with E-state index in [-0.39, 0.29) is 5.56 Å². The second-order valence-corrected chi connectivity index (χ2v) is 6.09. The summed E-state index contributed by atoms with van der Waals surface area (Å²) in [4.78, 5) is 11.7. The highest BCUT2D eigenvalue weighted by molar-refractivity contribution is 5.98. The van der Waals surface area contributed by atoms with E-state index in [1.165, 1.54) is 12.3 Å². The molecule has 1 N–H and O–H groups in total. The maximum absolute atomic E-state index is 13.8. The number of nitrogens with zero attached hydrogens (tertiary/aromatic N) is 1. The molecule has 0 unspecified atom stereocenters. The Morgan fingerprint density at radius 1 is 1.00 bits per heavy atom. The summed E-state index contributed by atoms with van der Waals surface area (Å²) in [6.45, 7) is 3.53. The molecule has 0 amide bonds. The molecule has 0 aliphatic carbocycles. The zero-order chi connectivity index (χ0) is 19.1. The summed E-state index contributed by atoms with van der Waals surface area (Å²) < 4.78 is 42.3. The van der Waals surface area contributed by atoms with Crippen LogP contribution in [-0.4, -0.2) is 15.6 Å². The van der Waals surface area contributed by atoms with E-state index in [0.29, 0.717) is 16.8 Å². The number of halogens is 3. The average molecular weight is 359 g/mol. The summed E-state index contributed by atoms with van der Waals surface area (Å²) in [7, 11) is 0. The van der Waals surface area contributed by atoms with Crippen molar-refractivity contribution in [1.29, 1.82) is 0 Å². The van der Waals surface area contributed by atoms with Crippen LogP contribution in [0.1, 0.15) is 27.2 Å². The fraction of sp³-hybridized carbons (Fsp3) is 0.150. The number of aromatic nitrogens is 1. The van der Waals surface area contributed by atoms with Gasteiger partial charge in [0.2, 0.25) is 0 Å². The van der Waals surface area contributed by atoms with Crippen molar-refractivity contribution in [3.8, 4) is 16.8 Å².